The van der Waals surface area contributed by atoms with Gasteiger partial charge >= 0.3 is 0 Å². The highest BCUT2D eigenvalue weighted by molar-refractivity contribution is 7.12. The zero-order valence-electron chi connectivity index (χ0n) is 13.8. The molecular weight excluding hydrogens is 308 g/mol. The highest BCUT2D eigenvalue weighted by Crippen LogP contribution is 2.19. The van der Waals surface area contributed by atoms with Gasteiger partial charge in [0.1, 0.15) is 0 Å². The Bertz CT molecular complexity index is 694. The van der Waals surface area contributed by atoms with Gasteiger partial charge in [0.15, 0.2) is 0 Å². The van der Waals surface area contributed by atoms with E-state index >= 15 is 0 Å². The minimum atomic E-state index is -0.0369. The molecule has 0 aliphatic rings. The Hall–Kier alpha value is -2.14. The minimum Gasteiger partial charge on any atom is -0.339 e. The number of carbonyl (C=O) groups is 2. The van der Waals surface area contributed by atoms with Gasteiger partial charge in [0.25, 0.3) is 0 Å². The number of para-hydroxylation sites is 1. The van der Waals surface area contributed by atoms with E-state index in [-0.39, 0.29) is 11.8 Å². The van der Waals surface area contributed by atoms with Crippen molar-refractivity contribution in [2.24, 2.45) is 0 Å². The minimum absolute atomic E-state index is 0.0303. The highest BCUT2D eigenvalue weighted by Gasteiger charge is 2.12. The Labute approximate surface area is 141 Å². The summed E-state index contributed by atoms with van der Waals surface area (Å²) in [5, 5.41) is 2.97. The molecule has 0 atom stereocenters. The van der Waals surface area contributed by atoms with Crippen LogP contribution in [0.1, 0.15) is 29.2 Å². The summed E-state index contributed by atoms with van der Waals surface area (Å²) in [7, 11) is 0. The lowest BCUT2D eigenvalue weighted by Gasteiger charge is -2.21. The summed E-state index contributed by atoms with van der Waals surface area (Å²) in [5.41, 5.74) is 1.71. The van der Waals surface area contributed by atoms with Crippen molar-refractivity contribution < 1.29 is 9.59 Å². The molecule has 0 unspecified atom stereocenters. The third-order valence-electron chi connectivity index (χ3n) is 3.61. The summed E-state index contributed by atoms with van der Waals surface area (Å²) < 4.78 is 0. The molecule has 0 radical (unpaired) electrons. The van der Waals surface area contributed by atoms with E-state index < -0.39 is 0 Å². The Balaban J connectivity index is 2.07. The highest BCUT2D eigenvalue weighted by atomic mass is 32.1. The first-order valence-corrected chi connectivity index (χ1v) is 8.49. The summed E-state index contributed by atoms with van der Waals surface area (Å²) in [6.45, 7) is 6.68. The van der Waals surface area contributed by atoms with Crippen LogP contribution in [-0.2, 0) is 22.6 Å². The van der Waals surface area contributed by atoms with E-state index in [0.29, 0.717) is 19.5 Å². The quantitative estimate of drug-likeness (QED) is 0.879. The Morgan fingerprint density at radius 2 is 1.91 bits per heavy atom. The molecule has 0 aliphatic heterocycles. The predicted molar refractivity (Wildman–Crippen MR) is 94.6 cm³/mol. The number of rotatable bonds is 6. The zero-order valence-corrected chi connectivity index (χ0v) is 14.6. The fourth-order valence-electron chi connectivity index (χ4n) is 2.36. The van der Waals surface area contributed by atoms with Crippen LogP contribution in [0, 0.1) is 6.92 Å². The number of benzene rings is 1. The number of carbonyl (C=O) groups excluding carboxylic acids is 2. The maximum Gasteiger partial charge on any atom is 0.229 e. The summed E-state index contributed by atoms with van der Waals surface area (Å²) in [5.74, 6) is -0.00661. The molecule has 122 valence electrons. The van der Waals surface area contributed by atoms with Gasteiger partial charge in [0, 0.05) is 35.5 Å². The zero-order chi connectivity index (χ0) is 16.8. The maximum absolute atomic E-state index is 12.2. The van der Waals surface area contributed by atoms with Gasteiger partial charge in [-0.15, -0.1) is 11.3 Å². The number of hydrogen-bond acceptors (Lipinski definition) is 3. The number of nitrogens with one attached hydrogen (secondary N) is 1. The van der Waals surface area contributed by atoms with Crippen LogP contribution in [-0.4, -0.2) is 23.3 Å². The average Bonchev–Trinajstić information content (AvgIpc) is 2.90. The number of nitrogens with zero attached hydrogens (tertiary/aromatic N) is 1. The van der Waals surface area contributed by atoms with E-state index in [4.69, 9.17) is 0 Å². The molecule has 2 rings (SSSR count). The number of thiophene rings is 1. The lowest BCUT2D eigenvalue weighted by Crippen LogP contribution is -2.28. The van der Waals surface area contributed by atoms with Gasteiger partial charge in [-0.2, -0.15) is 0 Å². The molecule has 0 fully saturated rings. The first-order chi connectivity index (χ1) is 11.0. The standard InChI is InChI=1S/C18H22N2O2S/c1-4-20(14(3)21)12-15-7-5-6-8-17(15)19-18(22)11-16-10-9-13(2)23-16/h5-10H,4,11-12H2,1-3H3,(H,19,22). The van der Waals surface area contributed by atoms with Crippen LogP contribution in [0.25, 0.3) is 0 Å². The van der Waals surface area contributed by atoms with Crippen molar-refractivity contribution in [2.45, 2.75) is 33.7 Å². The Morgan fingerprint density at radius 1 is 1.17 bits per heavy atom. The molecule has 0 bridgehead atoms. The first-order valence-electron chi connectivity index (χ1n) is 7.68. The molecule has 0 spiro atoms. The van der Waals surface area contributed by atoms with E-state index in [2.05, 4.69) is 5.32 Å². The number of anilines is 1. The summed E-state index contributed by atoms with van der Waals surface area (Å²) >= 11 is 1.64. The predicted octanol–water partition coefficient (Wildman–Crippen LogP) is 3.61. The summed E-state index contributed by atoms with van der Waals surface area (Å²) in [6.07, 6.45) is 0.372. The molecule has 0 saturated carbocycles. The number of amides is 2. The van der Waals surface area contributed by atoms with Crippen molar-refractivity contribution in [3.05, 3.63) is 51.7 Å². The molecule has 5 heteroatoms. The molecule has 23 heavy (non-hydrogen) atoms. The SMILES string of the molecule is CCN(Cc1ccccc1NC(=O)Cc1ccc(C)s1)C(C)=O. The molecule has 1 N–H and O–H groups in total. The monoisotopic (exact) mass is 330 g/mol. The molecule has 0 saturated heterocycles. The number of hydrogen-bond donors (Lipinski definition) is 1. The smallest absolute Gasteiger partial charge is 0.229 e. The largest absolute Gasteiger partial charge is 0.339 e. The molecule has 1 aromatic carbocycles. The second-order valence-corrected chi connectivity index (χ2v) is 6.80. The number of aryl methyl sites for hydroxylation is 1. The molecule has 1 heterocycles. The maximum atomic E-state index is 12.2. The van der Waals surface area contributed by atoms with Gasteiger partial charge < -0.3 is 10.2 Å². The summed E-state index contributed by atoms with van der Waals surface area (Å²) in [4.78, 5) is 27.8. The van der Waals surface area contributed by atoms with E-state index in [1.807, 2.05) is 50.2 Å². The van der Waals surface area contributed by atoms with Crippen molar-refractivity contribution in [3.8, 4) is 0 Å². The van der Waals surface area contributed by atoms with Gasteiger partial charge in [-0.1, -0.05) is 18.2 Å². The van der Waals surface area contributed by atoms with Crippen molar-refractivity contribution in [3.63, 3.8) is 0 Å². The third kappa shape index (κ3) is 4.93. The van der Waals surface area contributed by atoms with Crippen molar-refractivity contribution >= 4 is 28.8 Å². The van der Waals surface area contributed by atoms with Crippen molar-refractivity contribution in [1.29, 1.82) is 0 Å². The van der Waals surface area contributed by atoms with Crippen LogP contribution in [0.2, 0.25) is 0 Å². The average molecular weight is 330 g/mol. The van der Waals surface area contributed by atoms with E-state index in [0.717, 1.165) is 16.1 Å². The normalized spacial score (nSPS) is 10.4. The lowest BCUT2D eigenvalue weighted by atomic mass is 10.1. The van der Waals surface area contributed by atoms with Crippen molar-refractivity contribution in [2.75, 3.05) is 11.9 Å². The van der Waals surface area contributed by atoms with Gasteiger partial charge in [-0.3, -0.25) is 9.59 Å². The van der Waals surface area contributed by atoms with Gasteiger partial charge in [0.05, 0.1) is 6.42 Å². The van der Waals surface area contributed by atoms with E-state index in [9.17, 15) is 9.59 Å². The molecule has 2 aromatic rings. The van der Waals surface area contributed by atoms with Crippen LogP contribution in [0.4, 0.5) is 5.69 Å². The van der Waals surface area contributed by atoms with Crippen LogP contribution in [0.15, 0.2) is 36.4 Å². The Morgan fingerprint density at radius 3 is 2.52 bits per heavy atom. The van der Waals surface area contributed by atoms with Crippen LogP contribution < -0.4 is 5.32 Å². The molecule has 0 aliphatic carbocycles. The summed E-state index contributed by atoms with van der Waals surface area (Å²) in [6, 6.07) is 11.6. The van der Waals surface area contributed by atoms with Gasteiger partial charge in [-0.05, 0) is 37.6 Å². The van der Waals surface area contributed by atoms with Gasteiger partial charge in [-0.25, -0.2) is 0 Å². The first kappa shape index (κ1) is 17.2. The van der Waals surface area contributed by atoms with E-state index in [1.165, 1.54) is 4.88 Å². The molecule has 4 nitrogen and oxygen atoms in total. The second-order valence-electron chi connectivity index (χ2n) is 5.43. The second kappa shape index (κ2) is 7.92. The van der Waals surface area contributed by atoms with Crippen LogP contribution >= 0.6 is 11.3 Å². The topological polar surface area (TPSA) is 49.4 Å². The van der Waals surface area contributed by atoms with Crippen LogP contribution in [0.5, 0.6) is 0 Å². The molecular formula is C18H22N2O2S. The Kier molecular flexibility index (Phi) is 5.93. The molecule has 1 aromatic heterocycles. The third-order valence-corrected chi connectivity index (χ3v) is 4.61. The van der Waals surface area contributed by atoms with Gasteiger partial charge in [0.2, 0.25) is 11.8 Å². The fourth-order valence-corrected chi connectivity index (χ4v) is 3.25. The van der Waals surface area contributed by atoms with Crippen LogP contribution in [0.3, 0.4) is 0 Å². The molecule has 2 amide bonds. The van der Waals surface area contributed by atoms with E-state index in [1.54, 1.807) is 23.2 Å². The van der Waals surface area contributed by atoms with Crippen molar-refractivity contribution in [1.82, 2.24) is 4.90 Å². The fraction of sp³-hybridized carbons (Fsp3) is 0.333. The lowest BCUT2D eigenvalue weighted by molar-refractivity contribution is -0.129.